The Morgan fingerprint density at radius 2 is 1.75 bits per heavy atom. The zero-order valence-corrected chi connectivity index (χ0v) is 31.4. The third-order valence-corrected chi connectivity index (χ3v) is 15.1. The van der Waals surface area contributed by atoms with Crippen LogP contribution in [0.2, 0.25) is 0 Å². The number of hydrogen-bond acceptors (Lipinski definition) is 13. The van der Waals surface area contributed by atoms with Crippen LogP contribution in [-0.4, -0.2) is 92.1 Å². The molecule has 0 radical (unpaired) electrons. The lowest BCUT2D eigenvalue weighted by Crippen LogP contribution is -2.69. The van der Waals surface area contributed by atoms with E-state index in [1.807, 2.05) is 12.2 Å². The molecule has 2 saturated carbocycles. The Morgan fingerprint density at radius 3 is 2.53 bits per heavy atom. The maximum absolute atomic E-state index is 15.1. The molecule has 286 valence electrons. The van der Waals surface area contributed by atoms with Gasteiger partial charge in [-0.25, -0.2) is 0 Å². The first-order valence-electron chi connectivity index (χ1n) is 19.1. The fourth-order valence-corrected chi connectivity index (χ4v) is 12.3. The SMILES string of the molecule is O=C1c2cccc3c2C(=O)[C@]2(CSSCNC4=CC(=CCN4)C4(CCCC4)C[C@]4(O)[C@H](O)[C@@H](CO)O[C@@H](O3)[C@@H]4O)C(O)=CC(CC3CCCCC3)=C[C@H]12. The maximum atomic E-state index is 15.1. The van der Waals surface area contributed by atoms with Crippen LogP contribution in [-0.2, 0) is 4.74 Å². The molecular formula is C40H50N2O9S2. The Labute approximate surface area is 317 Å². The van der Waals surface area contributed by atoms with E-state index in [1.54, 1.807) is 18.2 Å². The molecule has 11 nitrogen and oxygen atoms in total. The molecule has 6 bridgehead atoms. The minimum atomic E-state index is -2.17. The number of nitrogens with one attached hydrogen (secondary N) is 2. The zero-order chi connectivity index (χ0) is 37.0. The molecule has 13 heteroatoms. The van der Waals surface area contributed by atoms with Crippen LogP contribution in [0.3, 0.4) is 0 Å². The summed E-state index contributed by atoms with van der Waals surface area (Å²) in [5, 5.41) is 65.0. The van der Waals surface area contributed by atoms with Gasteiger partial charge in [0.1, 0.15) is 40.8 Å². The summed E-state index contributed by atoms with van der Waals surface area (Å²) in [6.45, 7) is -0.123. The molecule has 3 fully saturated rings. The van der Waals surface area contributed by atoms with Crippen LogP contribution in [0.5, 0.6) is 5.75 Å². The molecule has 7 aliphatic rings. The van der Waals surface area contributed by atoms with Gasteiger partial charge in [0.25, 0.3) is 0 Å². The van der Waals surface area contributed by atoms with Gasteiger partial charge in [0.15, 0.2) is 11.6 Å². The van der Waals surface area contributed by atoms with Crippen molar-refractivity contribution in [1.82, 2.24) is 10.6 Å². The van der Waals surface area contributed by atoms with Gasteiger partial charge in [-0.2, -0.15) is 0 Å². The molecule has 53 heavy (non-hydrogen) atoms. The number of aliphatic hydroxyl groups is 5. The van der Waals surface area contributed by atoms with Crippen LogP contribution in [0.25, 0.3) is 0 Å². The third-order valence-electron chi connectivity index (χ3n) is 12.9. The summed E-state index contributed by atoms with van der Waals surface area (Å²) in [5.74, 6) is -0.102. The van der Waals surface area contributed by atoms with Gasteiger partial charge in [0, 0.05) is 17.9 Å². The van der Waals surface area contributed by atoms with Crippen LogP contribution in [0.1, 0.15) is 91.3 Å². The summed E-state index contributed by atoms with van der Waals surface area (Å²) < 4.78 is 12.2. The van der Waals surface area contributed by atoms with E-state index in [-0.39, 0.29) is 40.6 Å². The first-order chi connectivity index (χ1) is 25.6. The summed E-state index contributed by atoms with van der Waals surface area (Å²) in [6.07, 6.45) is 11.0. The summed E-state index contributed by atoms with van der Waals surface area (Å²) in [5.41, 5.74) is -2.38. The first-order valence-corrected chi connectivity index (χ1v) is 21.6. The van der Waals surface area contributed by atoms with Gasteiger partial charge < -0.3 is 45.6 Å². The van der Waals surface area contributed by atoms with Gasteiger partial charge in [-0.3, -0.25) is 9.59 Å². The second kappa shape index (κ2) is 14.7. The van der Waals surface area contributed by atoms with Crippen molar-refractivity contribution in [3.8, 4) is 5.75 Å². The highest BCUT2D eigenvalue weighted by molar-refractivity contribution is 8.76. The summed E-state index contributed by atoms with van der Waals surface area (Å²) in [6, 6.07) is 4.69. The number of ketones is 2. The van der Waals surface area contributed by atoms with E-state index in [4.69, 9.17) is 9.47 Å². The third kappa shape index (κ3) is 6.37. The van der Waals surface area contributed by atoms with E-state index in [9.17, 15) is 30.3 Å². The molecular weight excluding hydrogens is 717 g/mol. The molecule has 1 aromatic rings. The second-order valence-electron chi connectivity index (χ2n) is 16.0. The molecule has 7 N–H and O–H groups in total. The fourth-order valence-electron chi connectivity index (χ4n) is 10.1. The molecule has 0 unspecified atom stereocenters. The highest BCUT2D eigenvalue weighted by atomic mass is 33.1. The number of fused-ring (bicyclic) bond motifs is 4. The number of dihydropyridines is 1. The number of carbonyl (C=O) groups is 2. The summed E-state index contributed by atoms with van der Waals surface area (Å²) >= 11 is 0. The highest BCUT2D eigenvalue weighted by Gasteiger charge is 2.61. The van der Waals surface area contributed by atoms with Gasteiger partial charge in [-0.05, 0) is 66.4 Å². The number of hydrogen-bond donors (Lipinski definition) is 7. The number of allylic oxidation sites excluding steroid dienone is 6. The van der Waals surface area contributed by atoms with Gasteiger partial charge in [0.2, 0.25) is 6.29 Å². The van der Waals surface area contributed by atoms with Crippen molar-refractivity contribution in [3.05, 3.63) is 76.4 Å². The van der Waals surface area contributed by atoms with E-state index in [2.05, 4.69) is 16.7 Å². The standard InChI is InChI=1S/C40H50N2O9S2/c43-19-29-34(46)40(49)20-38(12-4-5-13-38)25-11-14-41-31(18-25)42-22-53-52-21-39-27(16-24(17-30(39)44)15-23-7-2-1-3-8-23)33(45)26-9-6-10-28(32(26)35(39)47)50-37(51-29)36(40)48/h6,9-11,16-18,23,27,29,34,36-37,41-44,46,48-49H,1-5,7-8,12-15,19-22H2/t27-,29-,34-,36+,37-,39+,40+/m1/s1. The monoisotopic (exact) mass is 766 g/mol. The second-order valence-corrected chi connectivity index (χ2v) is 18.5. The number of ether oxygens (including phenoxy) is 2. The highest BCUT2D eigenvalue weighted by Crippen LogP contribution is 2.55. The van der Waals surface area contributed by atoms with Crippen LogP contribution in [0, 0.1) is 22.7 Å². The van der Waals surface area contributed by atoms with E-state index >= 15 is 4.79 Å². The average molecular weight is 767 g/mol. The van der Waals surface area contributed by atoms with E-state index in [0.717, 1.165) is 74.8 Å². The molecule has 0 aromatic heterocycles. The van der Waals surface area contributed by atoms with Crippen LogP contribution < -0.4 is 15.4 Å². The molecule has 7 atom stereocenters. The predicted octanol–water partition coefficient (Wildman–Crippen LogP) is 4.83. The van der Waals surface area contributed by atoms with Gasteiger partial charge >= 0.3 is 0 Å². The van der Waals surface area contributed by atoms with Gasteiger partial charge in [-0.1, -0.05) is 90.8 Å². The Morgan fingerprint density at radius 1 is 0.962 bits per heavy atom. The van der Waals surface area contributed by atoms with Crippen molar-refractivity contribution < 1.29 is 44.6 Å². The number of carbonyl (C=O) groups excluding carboxylic acids is 2. The Balaban J connectivity index is 1.22. The largest absolute Gasteiger partial charge is 0.511 e. The normalized spacial score (nSPS) is 36.0. The van der Waals surface area contributed by atoms with Crippen LogP contribution >= 0.6 is 21.6 Å². The Hall–Kier alpha value is -2.78. The molecule has 1 aromatic carbocycles. The van der Waals surface area contributed by atoms with Crippen molar-refractivity contribution in [3.63, 3.8) is 0 Å². The molecule has 1 saturated heterocycles. The lowest BCUT2D eigenvalue weighted by Gasteiger charge is -2.51. The van der Waals surface area contributed by atoms with Crippen molar-refractivity contribution in [1.29, 1.82) is 0 Å². The number of rotatable bonds is 3. The van der Waals surface area contributed by atoms with Crippen molar-refractivity contribution in [2.75, 3.05) is 24.8 Å². The number of aliphatic hydroxyl groups excluding tert-OH is 4. The van der Waals surface area contributed by atoms with Crippen LogP contribution in [0.4, 0.5) is 0 Å². The molecule has 3 aliphatic heterocycles. The zero-order valence-electron chi connectivity index (χ0n) is 29.8. The molecule has 8 rings (SSSR count). The predicted molar refractivity (Wildman–Crippen MR) is 202 cm³/mol. The maximum Gasteiger partial charge on any atom is 0.229 e. The van der Waals surface area contributed by atoms with Crippen molar-refractivity contribution >= 4 is 33.2 Å². The van der Waals surface area contributed by atoms with E-state index in [1.165, 1.54) is 34.1 Å². The van der Waals surface area contributed by atoms with E-state index in [0.29, 0.717) is 18.3 Å². The average Bonchev–Trinajstić information content (AvgIpc) is 3.64. The molecule has 4 aliphatic carbocycles. The number of benzene rings is 1. The lowest BCUT2D eigenvalue weighted by molar-refractivity contribution is -0.319. The van der Waals surface area contributed by atoms with Gasteiger partial charge in [0.05, 0.1) is 29.8 Å². The van der Waals surface area contributed by atoms with E-state index < -0.39 is 59.3 Å². The van der Waals surface area contributed by atoms with Gasteiger partial charge in [-0.15, -0.1) is 0 Å². The quantitative estimate of drug-likeness (QED) is 0.209. The van der Waals surface area contributed by atoms with Crippen LogP contribution in [0.15, 0.2) is 65.2 Å². The summed E-state index contributed by atoms with van der Waals surface area (Å²) in [4.78, 5) is 29.7. The molecule has 3 heterocycles. The fraction of sp³-hybridized carbons (Fsp3) is 0.600. The Bertz CT molecular complexity index is 1750. The molecule has 0 amide bonds. The topological polar surface area (TPSA) is 178 Å². The minimum Gasteiger partial charge on any atom is -0.511 e. The first kappa shape index (κ1) is 37.2. The smallest absolute Gasteiger partial charge is 0.229 e. The van der Waals surface area contributed by atoms with Crippen molar-refractivity contribution in [2.24, 2.45) is 22.7 Å². The van der Waals surface area contributed by atoms with Crippen molar-refractivity contribution in [2.45, 2.75) is 101 Å². The summed E-state index contributed by atoms with van der Waals surface area (Å²) in [7, 11) is 2.90. The number of Topliss-reactive ketones (excluding diaryl/α,β-unsaturated/α-hetero) is 2. The molecule has 2 spiro atoms. The lowest BCUT2D eigenvalue weighted by atomic mass is 9.60. The minimum absolute atomic E-state index is 0.0223. The Kier molecular flexibility index (Phi) is 10.3.